The molecule has 0 spiro atoms. The van der Waals surface area contributed by atoms with Gasteiger partial charge in [-0.15, -0.1) is 10.2 Å². The van der Waals surface area contributed by atoms with Crippen LogP contribution in [0.2, 0.25) is 0 Å². The molecule has 3 aromatic rings. The van der Waals surface area contributed by atoms with E-state index in [2.05, 4.69) is 15.5 Å². The smallest absolute Gasteiger partial charge is 0.418 e. The number of amides is 1. The Kier molecular flexibility index (Phi) is 5.26. The van der Waals surface area contributed by atoms with Crippen LogP contribution in [0.1, 0.15) is 12.5 Å². The van der Waals surface area contributed by atoms with E-state index >= 15 is 0 Å². The zero-order valence-corrected chi connectivity index (χ0v) is 15.1. The van der Waals surface area contributed by atoms with Crippen molar-refractivity contribution in [3.8, 4) is 11.6 Å². The Morgan fingerprint density at radius 3 is 2.63 bits per heavy atom. The second-order valence-electron chi connectivity index (χ2n) is 5.64. The van der Waals surface area contributed by atoms with Crippen molar-refractivity contribution in [1.82, 2.24) is 14.8 Å². The molecule has 3 rings (SSSR count). The number of furan rings is 1. The van der Waals surface area contributed by atoms with Gasteiger partial charge in [0.05, 0.1) is 22.8 Å². The number of anilines is 1. The van der Waals surface area contributed by atoms with Crippen molar-refractivity contribution < 1.29 is 22.4 Å². The number of para-hydroxylation sites is 1. The first-order valence-corrected chi connectivity index (χ1v) is 8.72. The first-order valence-electron chi connectivity index (χ1n) is 7.84. The van der Waals surface area contributed by atoms with Gasteiger partial charge in [-0.05, 0) is 31.2 Å². The molecule has 1 N–H and O–H groups in total. The van der Waals surface area contributed by atoms with Crippen LogP contribution in [0, 0.1) is 0 Å². The summed E-state index contributed by atoms with van der Waals surface area (Å²) in [6.07, 6.45) is -3.05. The van der Waals surface area contributed by atoms with Gasteiger partial charge in [0.25, 0.3) is 0 Å². The molecule has 0 bridgehead atoms. The summed E-state index contributed by atoms with van der Waals surface area (Å²) in [4.78, 5) is 12.4. The van der Waals surface area contributed by atoms with Crippen molar-refractivity contribution in [1.29, 1.82) is 0 Å². The summed E-state index contributed by atoms with van der Waals surface area (Å²) in [5.41, 5.74) is -1.17. The third kappa shape index (κ3) is 4.16. The maximum atomic E-state index is 13.0. The lowest BCUT2D eigenvalue weighted by atomic mass is 10.1. The summed E-state index contributed by atoms with van der Waals surface area (Å²) in [6, 6.07) is 8.28. The molecule has 2 heterocycles. The summed E-state index contributed by atoms with van der Waals surface area (Å²) in [5, 5.41) is 10.1. The number of aromatic nitrogens is 3. The minimum absolute atomic E-state index is 0.281. The van der Waals surface area contributed by atoms with Crippen molar-refractivity contribution >= 4 is 23.4 Å². The topological polar surface area (TPSA) is 73.0 Å². The van der Waals surface area contributed by atoms with Crippen LogP contribution >= 0.6 is 11.8 Å². The van der Waals surface area contributed by atoms with E-state index in [1.54, 1.807) is 30.7 Å². The molecule has 0 aliphatic rings. The Hall–Kier alpha value is -2.75. The summed E-state index contributed by atoms with van der Waals surface area (Å²) >= 11 is 1.08. The Morgan fingerprint density at radius 2 is 1.96 bits per heavy atom. The number of carbonyl (C=O) groups excluding carboxylic acids is 1. The Labute approximate surface area is 156 Å². The third-order valence-corrected chi connectivity index (χ3v) is 4.85. The fraction of sp³-hybridized carbons (Fsp3) is 0.235. The molecule has 2 aromatic heterocycles. The van der Waals surface area contributed by atoms with Gasteiger partial charge >= 0.3 is 6.18 Å². The fourth-order valence-electron chi connectivity index (χ4n) is 2.32. The van der Waals surface area contributed by atoms with Crippen LogP contribution in [-0.2, 0) is 18.0 Å². The number of hydrogen-bond donors (Lipinski definition) is 1. The monoisotopic (exact) mass is 396 g/mol. The van der Waals surface area contributed by atoms with Gasteiger partial charge in [-0.2, -0.15) is 13.2 Å². The molecule has 0 aliphatic heterocycles. The highest BCUT2D eigenvalue weighted by atomic mass is 32.2. The van der Waals surface area contributed by atoms with Crippen molar-refractivity contribution in [3.63, 3.8) is 0 Å². The first-order chi connectivity index (χ1) is 12.8. The molecule has 0 saturated carbocycles. The van der Waals surface area contributed by atoms with Gasteiger partial charge in [0.2, 0.25) is 5.91 Å². The van der Waals surface area contributed by atoms with E-state index in [-0.39, 0.29) is 5.69 Å². The lowest BCUT2D eigenvalue weighted by Gasteiger charge is -2.16. The number of benzene rings is 1. The molecule has 10 heteroatoms. The molecule has 0 fully saturated rings. The predicted molar refractivity (Wildman–Crippen MR) is 94.1 cm³/mol. The van der Waals surface area contributed by atoms with Crippen LogP contribution in [0.15, 0.2) is 52.2 Å². The summed E-state index contributed by atoms with van der Waals surface area (Å²) in [5.74, 6) is 0.435. The van der Waals surface area contributed by atoms with Gasteiger partial charge in [0.1, 0.15) is 0 Å². The normalized spacial score (nSPS) is 12.8. The van der Waals surface area contributed by atoms with E-state index < -0.39 is 22.9 Å². The fourth-order valence-corrected chi connectivity index (χ4v) is 3.14. The SMILES string of the molecule is C[C@H](Sc1nnc(-c2ccco2)n1C)C(=O)Nc1ccccc1C(F)(F)F. The van der Waals surface area contributed by atoms with Crippen LogP contribution in [0.4, 0.5) is 18.9 Å². The zero-order valence-electron chi connectivity index (χ0n) is 14.3. The van der Waals surface area contributed by atoms with E-state index in [0.717, 1.165) is 17.8 Å². The van der Waals surface area contributed by atoms with Gasteiger partial charge in [0.15, 0.2) is 16.7 Å². The van der Waals surface area contributed by atoms with E-state index in [9.17, 15) is 18.0 Å². The molecular weight excluding hydrogens is 381 g/mol. The average Bonchev–Trinajstić information content (AvgIpc) is 3.25. The largest absolute Gasteiger partial charge is 0.461 e. The number of hydrogen-bond acceptors (Lipinski definition) is 5. The highest BCUT2D eigenvalue weighted by Gasteiger charge is 2.34. The maximum Gasteiger partial charge on any atom is 0.418 e. The molecule has 0 saturated heterocycles. The number of nitrogens with one attached hydrogen (secondary N) is 1. The lowest BCUT2D eigenvalue weighted by molar-refractivity contribution is -0.137. The van der Waals surface area contributed by atoms with Crippen LogP contribution in [0.25, 0.3) is 11.6 Å². The highest BCUT2D eigenvalue weighted by Crippen LogP contribution is 2.35. The summed E-state index contributed by atoms with van der Waals surface area (Å²) in [7, 11) is 1.71. The second-order valence-corrected chi connectivity index (χ2v) is 6.94. The minimum Gasteiger partial charge on any atom is -0.461 e. The third-order valence-electron chi connectivity index (χ3n) is 3.72. The standard InChI is InChI=1S/C17H15F3N4O2S/c1-10(15(25)21-12-7-4-3-6-11(12)17(18,19)20)27-16-23-22-14(24(16)2)13-8-5-9-26-13/h3-10H,1-2H3,(H,21,25)/t10-/m0/s1. The number of alkyl halides is 3. The predicted octanol–water partition coefficient (Wildman–Crippen LogP) is 4.21. The molecular formula is C17H15F3N4O2S. The number of carbonyl (C=O) groups is 1. The van der Waals surface area contributed by atoms with Crippen LogP contribution < -0.4 is 5.32 Å². The van der Waals surface area contributed by atoms with E-state index in [1.807, 2.05) is 0 Å². The summed E-state index contributed by atoms with van der Waals surface area (Å²) < 4.78 is 46.1. The number of thioether (sulfide) groups is 1. The molecule has 27 heavy (non-hydrogen) atoms. The van der Waals surface area contributed by atoms with Crippen molar-refractivity contribution in [2.75, 3.05) is 5.32 Å². The van der Waals surface area contributed by atoms with Crippen LogP contribution in [-0.4, -0.2) is 25.9 Å². The van der Waals surface area contributed by atoms with E-state index in [1.165, 1.54) is 24.5 Å². The molecule has 0 aliphatic carbocycles. The Bertz CT molecular complexity index is 938. The van der Waals surface area contributed by atoms with Gasteiger partial charge in [0, 0.05) is 7.05 Å². The van der Waals surface area contributed by atoms with Gasteiger partial charge in [-0.25, -0.2) is 0 Å². The van der Waals surface area contributed by atoms with E-state index in [4.69, 9.17) is 4.42 Å². The molecule has 1 amide bonds. The number of halogens is 3. The van der Waals surface area contributed by atoms with Gasteiger partial charge < -0.3 is 14.3 Å². The van der Waals surface area contributed by atoms with Crippen LogP contribution in [0.5, 0.6) is 0 Å². The molecule has 0 radical (unpaired) electrons. The number of nitrogens with zero attached hydrogens (tertiary/aromatic N) is 3. The van der Waals surface area contributed by atoms with E-state index in [0.29, 0.717) is 16.7 Å². The molecule has 142 valence electrons. The van der Waals surface area contributed by atoms with Gasteiger partial charge in [-0.1, -0.05) is 23.9 Å². The quantitative estimate of drug-likeness (QED) is 0.654. The number of rotatable bonds is 5. The zero-order chi connectivity index (χ0) is 19.6. The molecule has 0 unspecified atom stereocenters. The molecule has 1 atom stereocenters. The maximum absolute atomic E-state index is 13.0. The van der Waals surface area contributed by atoms with Crippen molar-refractivity contribution in [3.05, 3.63) is 48.2 Å². The minimum atomic E-state index is -4.55. The molecule has 6 nitrogen and oxygen atoms in total. The Balaban J connectivity index is 1.73. The average molecular weight is 396 g/mol. The van der Waals surface area contributed by atoms with Crippen molar-refractivity contribution in [2.45, 2.75) is 23.5 Å². The summed E-state index contributed by atoms with van der Waals surface area (Å²) in [6.45, 7) is 1.58. The highest BCUT2D eigenvalue weighted by molar-refractivity contribution is 8.00. The lowest BCUT2D eigenvalue weighted by Crippen LogP contribution is -2.24. The first kappa shape index (κ1) is 19.0. The van der Waals surface area contributed by atoms with Crippen molar-refractivity contribution in [2.24, 2.45) is 7.05 Å². The van der Waals surface area contributed by atoms with Gasteiger partial charge in [-0.3, -0.25) is 4.79 Å². The van der Waals surface area contributed by atoms with Crippen LogP contribution in [0.3, 0.4) is 0 Å². The second kappa shape index (κ2) is 7.47. The molecule has 1 aromatic carbocycles. The Morgan fingerprint density at radius 1 is 1.22 bits per heavy atom.